The van der Waals surface area contributed by atoms with E-state index in [1.54, 1.807) is 0 Å². The number of halogens is 2. The molecule has 1 aromatic carbocycles. The van der Waals surface area contributed by atoms with Crippen molar-refractivity contribution in [2.24, 2.45) is 11.8 Å². The number of hydrogen-bond acceptors (Lipinski definition) is 2. The molecule has 2 rings (SSSR count). The van der Waals surface area contributed by atoms with Gasteiger partial charge in [0, 0.05) is 17.6 Å². The van der Waals surface area contributed by atoms with E-state index in [1.165, 1.54) is 22.5 Å². The molecule has 1 aromatic rings. The number of sulfonamides is 1. The van der Waals surface area contributed by atoms with E-state index in [2.05, 4.69) is 29.8 Å². The van der Waals surface area contributed by atoms with Gasteiger partial charge in [-0.25, -0.2) is 12.8 Å². The molecular formula is C13H17BrFNO2S. The second-order valence-corrected chi connectivity index (χ2v) is 7.94. The smallest absolute Gasteiger partial charge is 0.207 e. The highest BCUT2D eigenvalue weighted by Gasteiger charge is 2.32. The Kier molecular flexibility index (Phi) is 4.32. The highest BCUT2D eigenvalue weighted by molar-refractivity contribution is 9.10. The molecule has 6 heteroatoms. The summed E-state index contributed by atoms with van der Waals surface area (Å²) in [6.45, 7) is 5.25. The van der Waals surface area contributed by atoms with Gasteiger partial charge in [-0.05, 0) is 52.4 Å². The van der Waals surface area contributed by atoms with Gasteiger partial charge in [0.2, 0.25) is 10.0 Å². The lowest BCUT2D eigenvalue weighted by Crippen LogP contribution is -2.42. The van der Waals surface area contributed by atoms with Gasteiger partial charge in [-0.1, -0.05) is 13.8 Å². The van der Waals surface area contributed by atoms with Crippen LogP contribution in [0.15, 0.2) is 27.6 Å². The zero-order valence-electron chi connectivity index (χ0n) is 10.9. The third kappa shape index (κ3) is 3.01. The van der Waals surface area contributed by atoms with E-state index < -0.39 is 15.8 Å². The van der Waals surface area contributed by atoms with Gasteiger partial charge in [-0.2, -0.15) is 4.31 Å². The van der Waals surface area contributed by atoms with Crippen molar-refractivity contribution in [3.8, 4) is 0 Å². The van der Waals surface area contributed by atoms with E-state index >= 15 is 0 Å². The van der Waals surface area contributed by atoms with Crippen LogP contribution in [0.3, 0.4) is 0 Å². The fraction of sp³-hybridized carbons (Fsp3) is 0.538. The molecule has 106 valence electrons. The second-order valence-electron chi connectivity index (χ2n) is 5.18. The molecule has 0 bridgehead atoms. The Morgan fingerprint density at radius 3 is 2.58 bits per heavy atom. The number of hydrogen-bond donors (Lipinski definition) is 0. The Morgan fingerprint density at radius 1 is 1.32 bits per heavy atom. The van der Waals surface area contributed by atoms with Crippen LogP contribution in [0.4, 0.5) is 4.39 Å². The molecule has 0 spiro atoms. The van der Waals surface area contributed by atoms with Crippen LogP contribution < -0.4 is 0 Å². The molecule has 1 saturated heterocycles. The highest BCUT2D eigenvalue weighted by atomic mass is 79.9. The monoisotopic (exact) mass is 349 g/mol. The van der Waals surface area contributed by atoms with Gasteiger partial charge in [0.1, 0.15) is 5.82 Å². The summed E-state index contributed by atoms with van der Waals surface area (Å²) in [6.07, 6.45) is 0.860. The van der Waals surface area contributed by atoms with Crippen molar-refractivity contribution in [1.29, 1.82) is 0 Å². The van der Waals surface area contributed by atoms with Gasteiger partial charge in [0.25, 0.3) is 0 Å². The summed E-state index contributed by atoms with van der Waals surface area (Å²) in [5.74, 6) is 0.414. The van der Waals surface area contributed by atoms with E-state index in [9.17, 15) is 12.8 Å². The van der Waals surface area contributed by atoms with Crippen molar-refractivity contribution < 1.29 is 12.8 Å². The van der Waals surface area contributed by atoms with Crippen LogP contribution in [0.5, 0.6) is 0 Å². The molecule has 3 nitrogen and oxygen atoms in total. The Labute approximate surface area is 122 Å². The van der Waals surface area contributed by atoms with Crippen molar-refractivity contribution in [2.45, 2.75) is 25.2 Å². The van der Waals surface area contributed by atoms with Crippen LogP contribution in [0.2, 0.25) is 0 Å². The quantitative estimate of drug-likeness (QED) is 0.821. The molecule has 1 aliphatic rings. The average Bonchev–Trinajstić information content (AvgIpc) is 2.32. The number of nitrogens with zero attached hydrogens (tertiary/aromatic N) is 1. The summed E-state index contributed by atoms with van der Waals surface area (Å²) in [7, 11) is -3.55. The molecule has 1 aliphatic heterocycles. The molecule has 0 radical (unpaired) electrons. The minimum Gasteiger partial charge on any atom is -0.207 e. The van der Waals surface area contributed by atoms with Gasteiger partial charge in [-0.15, -0.1) is 0 Å². The minimum absolute atomic E-state index is 0.135. The van der Waals surface area contributed by atoms with Crippen molar-refractivity contribution in [3.63, 3.8) is 0 Å². The standard InChI is InChI=1S/C13H17BrFNO2S/c1-9-5-6-16(8-10(9)2)19(17,18)13-4-3-11(15)7-12(13)14/h3-4,7,9-10H,5-6,8H2,1-2H3. The van der Waals surface area contributed by atoms with Crippen LogP contribution in [-0.4, -0.2) is 25.8 Å². The second kappa shape index (κ2) is 5.50. The fourth-order valence-electron chi connectivity index (χ4n) is 2.27. The number of rotatable bonds is 2. The van der Waals surface area contributed by atoms with Crippen molar-refractivity contribution in [3.05, 3.63) is 28.5 Å². The summed E-state index contributed by atoms with van der Waals surface area (Å²) in [5, 5.41) is 0. The molecule has 0 saturated carbocycles. The van der Waals surface area contributed by atoms with E-state index in [0.717, 1.165) is 6.42 Å². The molecule has 0 N–H and O–H groups in total. The summed E-state index contributed by atoms with van der Waals surface area (Å²) >= 11 is 3.13. The van der Waals surface area contributed by atoms with E-state index in [1.807, 2.05) is 0 Å². The maximum atomic E-state index is 13.1. The highest BCUT2D eigenvalue weighted by Crippen LogP contribution is 2.30. The lowest BCUT2D eigenvalue weighted by atomic mass is 9.90. The van der Waals surface area contributed by atoms with Crippen LogP contribution in [0, 0.1) is 17.7 Å². The van der Waals surface area contributed by atoms with Gasteiger partial charge in [-0.3, -0.25) is 0 Å². The van der Waals surface area contributed by atoms with Gasteiger partial charge < -0.3 is 0 Å². The predicted octanol–water partition coefficient (Wildman–Crippen LogP) is 3.25. The van der Waals surface area contributed by atoms with E-state index in [0.29, 0.717) is 24.9 Å². The van der Waals surface area contributed by atoms with Crippen LogP contribution >= 0.6 is 15.9 Å². The van der Waals surface area contributed by atoms with Gasteiger partial charge in [0.15, 0.2) is 0 Å². The molecule has 2 unspecified atom stereocenters. The van der Waals surface area contributed by atoms with Crippen molar-refractivity contribution in [2.75, 3.05) is 13.1 Å². The maximum absolute atomic E-state index is 13.1. The van der Waals surface area contributed by atoms with Gasteiger partial charge >= 0.3 is 0 Å². The summed E-state index contributed by atoms with van der Waals surface area (Å²) in [5.41, 5.74) is 0. The minimum atomic E-state index is -3.55. The van der Waals surface area contributed by atoms with Crippen molar-refractivity contribution in [1.82, 2.24) is 4.31 Å². The first-order chi connectivity index (χ1) is 8.82. The Bertz CT molecular complexity index is 576. The summed E-state index contributed by atoms with van der Waals surface area (Å²) < 4.78 is 39.9. The van der Waals surface area contributed by atoms with Crippen LogP contribution in [-0.2, 0) is 10.0 Å². The molecule has 2 atom stereocenters. The summed E-state index contributed by atoms with van der Waals surface area (Å²) in [6, 6.07) is 3.67. The lowest BCUT2D eigenvalue weighted by Gasteiger charge is -2.34. The Hall–Kier alpha value is -0.460. The van der Waals surface area contributed by atoms with Crippen LogP contribution in [0.25, 0.3) is 0 Å². The Morgan fingerprint density at radius 2 is 2.00 bits per heavy atom. The SMILES string of the molecule is CC1CCN(S(=O)(=O)c2ccc(F)cc2Br)CC1C. The predicted molar refractivity (Wildman–Crippen MR) is 75.8 cm³/mol. The third-order valence-electron chi connectivity index (χ3n) is 3.81. The topological polar surface area (TPSA) is 37.4 Å². The lowest BCUT2D eigenvalue weighted by molar-refractivity contribution is 0.212. The fourth-order valence-corrected chi connectivity index (χ4v) is 4.83. The van der Waals surface area contributed by atoms with E-state index in [4.69, 9.17) is 0 Å². The third-order valence-corrected chi connectivity index (χ3v) is 6.65. The maximum Gasteiger partial charge on any atom is 0.244 e. The van der Waals surface area contributed by atoms with Crippen LogP contribution in [0.1, 0.15) is 20.3 Å². The average molecular weight is 350 g/mol. The zero-order chi connectivity index (χ0) is 14.2. The summed E-state index contributed by atoms with van der Waals surface area (Å²) in [4.78, 5) is 0.135. The first-order valence-corrected chi connectivity index (χ1v) is 8.51. The molecule has 19 heavy (non-hydrogen) atoms. The molecule has 0 aliphatic carbocycles. The molecule has 0 aromatic heterocycles. The number of piperidine rings is 1. The first-order valence-electron chi connectivity index (χ1n) is 6.27. The number of benzene rings is 1. The van der Waals surface area contributed by atoms with Gasteiger partial charge in [0.05, 0.1) is 4.90 Å². The molecule has 0 amide bonds. The molecular weight excluding hydrogens is 333 g/mol. The largest absolute Gasteiger partial charge is 0.244 e. The van der Waals surface area contributed by atoms with Crippen molar-refractivity contribution >= 4 is 26.0 Å². The zero-order valence-corrected chi connectivity index (χ0v) is 13.3. The first kappa shape index (κ1) is 14.9. The Balaban J connectivity index is 2.32. The molecule has 1 heterocycles. The van der Waals surface area contributed by atoms with E-state index in [-0.39, 0.29) is 9.37 Å². The normalized spacial score (nSPS) is 25.5. The molecule has 1 fully saturated rings.